The first-order valence-corrected chi connectivity index (χ1v) is 4.23. The topological polar surface area (TPSA) is 63.7 Å². The number of carbonyl (C=O) groups is 3. The predicted molar refractivity (Wildman–Crippen MR) is 47.4 cm³/mol. The second-order valence-electron chi connectivity index (χ2n) is 2.87. The van der Waals surface area contributed by atoms with E-state index >= 15 is 0 Å². The number of ketones is 1. The summed E-state index contributed by atoms with van der Waals surface area (Å²) in [5.74, 6) is -1.33. The predicted octanol–water partition coefficient (Wildman–Crippen LogP) is -0.483. The summed E-state index contributed by atoms with van der Waals surface area (Å²) < 4.78 is 4.65. The zero-order valence-electron chi connectivity index (χ0n) is 7.91. The molecule has 0 unspecified atom stereocenters. The van der Waals surface area contributed by atoms with Gasteiger partial charge < -0.3 is 9.64 Å². The van der Waals surface area contributed by atoms with Crippen LogP contribution in [0.4, 0.5) is 0 Å². The Morgan fingerprint density at radius 2 is 2.21 bits per heavy atom. The molecule has 1 fully saturated rings. The van der Waals surface area contributed by atoms with Gasteiger partial charge in [0.05, 0.1) is 18.7 Å². The quantitative estimate of drug-likeness (QED) is 0.348. The lowest BCUT2D eigenvalue weighted by Gasteiger charge is -2.12. The maximum atomic E-state index is 11.3. The first-order valence-electron chi connectivity index (χ1n) is 4.23. The molecule has 76 valence electrons. The Kier molecular flexibility index (Phi) is 3.01. The molecule has 0 aromatic carbocycles. The third kappa shape index (κ3) is 1.99. The summed E-state index contributed by atoms with van der Waals surface area (Å²) in [4.78, 5) is 34.4. The molecule has 1 saturated heterocycles. The number of nitrogens with zero attached hydrogens (tertiary/aromatic N) is 1. The van der Waals surface area contributed by atoms with Gasteiger partial charge in [0, 0.05) is 0 Å². The fraction of sp³-hybridized carbons (Fsp3) is 0.444. The summed E-state index contributed by atoms with van der Waals surface area (Å²) >= 11 is 0. The summed E-state index contributed by atoms with van der Waals surface area (Å²) in [6.07, 6.45) is 0. The Morgan fingerprint density at radius 1 is 1.57 bits per heavy atom. The molecule has 0 bridgehead atoms. The van der Waals surface area contributed by atoms with Gasteiger partial charge >= 0.3 is 5.97 Å². The standard InChI is InChI=1S/C9H11NO4/c1-3-14-8(12)5-10-4-7(11)6(2)9(10)13/h2-5H2,1H3. The molecule has 0 spiro atoms. The van der Waals surface area contributed by atoms with E-state index in [2.05, 4.69) is 11.3 Å². The zero-order chi connectivity index (χ0) is 10.7. The largest absolute Gasteiger partial charge is 0.465 e. The Bertz CT molecular complexity index is 308. The van der Waals surface area contributed by atoms with Crippen molar-refractivity contribution < 1.29 is 19.1 Å². The maximum Gasteiger partial charge on any atom is 0.325 e. The molecule has 1 rings (SSSR count). The highest BCUT2D eigenvalue weighted by atomic mass is 16.5. The molecule has 0 aliphatic carbocycles. The van der Waals surface area contributed by atoms with Gasteiger partial charge in [-0.3, -0.25) is 14.4 Å². The molecule has 1 aliphatic heterocycles. The van der Waals surface area contributed by atoms with E-state index in [4.69, 9.17) is 0 Å². The molecule has 0 aromatic heterocycles. The molecule has 0 radical (unpaired) electrons. The first kappa shape index (κ1) is 10.4. The monoisotopic (exact) mass is 197 g/mol. The van der Waals surface area contributed by atoms with Crippen molar-refractivity contribution in [2.45, 2.75) is 6.92 Å². The van der Waals surface area contributed by atoms with Crippen LogP contribution >= 0.6 is 0 Å². The van der Waals surface area contributed by atoms with E-state index in [-0.39, 0.29) is 31.1 Å². The van der Waals surface area contributed by atoms with Gasteiger partial charge in [-0.25, -0.2) is 0 Å². The molecule has 1 aliphatic rings. The molecule has 14 heavy (non-hydrogen) atoms. The first-order chi connectivity index (χ1) is 6.56. The number of hydrogen-bond donors (Lipinski definition) is 0. The van der Waals surface area contributed by atoms with E-state index < -0.39 is 11.9 Å². The molecule has 5 nitrogen and oxygen atoms in total. The van der Waals surface area contributed by atoms with Gasteiger partial charge in [-0.2, -0.15) is 0 Å². The van der Waals surface area contributed by atoms with E-state index in [1.807, 2.05) is 0 Å². The highest BCUT2D eigenvalue weighted by molar-refractivity contribution is 6.24. The van der Waals surface area contributed by atoms with Crippen LogP contribution in [0.2, 0.25) is 0 Å². The second-order valence-corrected chi connectivity index (χ2v) is 2.87. The minimum atomic E-state index is -0.511. The number of hydrogen-bond acceptors (Lipinski definition) is 4. The van der Waals surface area contributed by atoms with E-state index in [9.17, 15) is 14.4 Å². The van der Waals surface area contributed by atoms with Crippen molar-refractivity contribution in [1.29, 1.82) is 0 Å². The molecule has 0 aromatic rings. The van der Waals surface area contributed by atoms with Crippen LogP contribution in [0.5, 0.6) is 0 Å². The molecule has 1 heterocycles. The third-order valence-corrected chi connectivity index (χ3v) is 1.84. The van der Waals surface area contributed by atoms with Crippen LogP contribution in [0, 0.1) is 0 Å². The SMILES string of the molecule is C=C1C(=O)CN(CC(=O)OCC)C1=O. The average molecular weight is 197 g/mol. The minimum Gasteiger partial charge on any atom is -0.465 e. The number of carbonyl (C=O) groups excluding carboxylic acids is 3. The summed E-state index contributed by atoms with van der Waals surface area (Å²) in [5.41, 5.74) is -0.0608. The molecule has 1 amide bonds. The molecular weight excluding hydrogens is 186 g/mol. The van der Waals surface area contributed by atoms with Crippen molar-refractivity contribution in [3.63, 3.8) is 0 Å². The van der Waals surface area contributed by atoms with Crippen molar-refractivity contribution in [3.05, 3.63) is 12.2 Å². The van der Waals surface area contributed by atoms with Gasteiger partial charge in [0.2, 0.25) is 0 Å². The van der Waals surface area contributed by atoms with Crippen molar-refractivity contribution in [1.82, 2.24) is 4.90 Å². The number of ether oxygens (including phenoxy) is 1. The summed E-state index contributed by atoms with van der Waals surface area (Å²) in [5, 5.41) is 0. The van der Waals surface area contributed by atoms with Crippen LogP contribution in [-0.4, -0.2) is 42.3 Å². The molecular formula is C9H11NO4. The van der Waals surface area contributed by atoms with E-state index in [1.165, 1.54) is 0 Å². The number of Topliss-reactive ketones (excluding diaryl/α,β-unsaturated/α-hetero) is 1. The number of esters is 1. The Hall–Kier alpha value is -1.65. The minimum absolute atomic E-state index is 0.0608. The molecule has 0 saturated carbocycles. The summed E-state index contributed by atoms with van der Waals surface area (Å²) in [6, 6.07) is 0. The average Bonchev–Trinajstić information content (AvgIpc) is 2.34. The Morgan fingerprint density at radius 3 is 2.64 bits per heavy atom. The van der Waals surface area contributed by atoms with Crippen LogP contribution in [0.25, 0.3) is 0 Å². The van der Waals surface area contributed by atoms with Crippen molar-refractivity contribution >= 4 is 17.7 Å². The summed E-state index contributed by atoms with van der Waals surface area (Å²) in [7, 11) is 0. The molecule has 0 N–H and O–H groups in total. The number of rotatable bonds is 3. The van der Waals surface area contributed by atoms with Crippen LogP contribution < -0.4 is 0 Å². The number of likely N-dealkylation sites (tertiary alicyclic amines) is 1. The van der Waals surface area contributed by atoms with Gasteiger partial charge in [0.1, 0.15) is 6.54 Å². The number of amides is 1. The normalized spacial score (nSPS) is 16.4. The summed E-state index contributed by atoms with van der Waals surface area (Å²) in [6.45, 7) is 5.00. The smallest absolute Gasteiger partial charge is 0.325 e. The van der Waals surface area contributed by atoms with E-state index in [0.717, 1.165) is 4.90 Å². The van der Waals surface area contributed by atoms with E-state index in [0.29, 0.717) is 0 Å². The van der Waals surface area contributed by atoms with Crippen LogP contribution in [-0.2, 0) is 19.1 Å². The van der Waals surface area contributed by atoms with Gasteiger partial charge in [-0.15, -0.1) is 0 Å². The molecule has 0 atom stereocenters. The van der Waals surface area contributed by atoms with Gasteiger partial charge in [0.25, 0.3) is 5.91 Å². The van der Waals surface area contributed by atoms with Gasteiger partial charge in [0.15, 0.2) is 5.78 Å². The van der Waals surface area contributed by atoms with Gasteiger partial charge in [-0.1, -0.05) is 6.58 Å². The lowest BCUT2D eigenvalue weighted by Crippen LogP contribution is -2.32. The van der Waals surface area contributed by atoms with Crippen LogP contribution in [0.1, 0.15) is 6.92 Å². The van der Waals surface area contributed by atoms with Crippen LogP contribution in [0.15, 0.2) is 12.2 Å². The Balaban J connectivity index is 2.56. The van der Waals surface area contributed by atoms with Gasteiger partial charge in [-0.05, 0) is 6.92 Å². The highest BCUT2D eigenvalue weighted by Crippen LogP contribution is 2.10. The Labute approximate surface area is 81.3 Å². The van der Waals surface area contributed by atoms with Crippen molar-refractivity contribution in [2.24, 2.45) is 0 Å². The molecule has 5 heteroatoms. The van der Waals surface area contributed by atoms with Crippen LogP contribution in [0.3, 0.4) is 0 Å². The second kappa shape index (κ2) is 4.04. The van der Waals surface area contributed by atoms with Crippen molar-refractivity contribution in [2.75, 3.05) is 19.7 Å². The maximum absolute atomic E-state index is 11.3. The third-order valence-electron chi connectivity index (χ3n) is 1.84. The van der Waals surface area contributed by atoms with Crippen molar-refractivity contribution in [3.8, 4) is 0 Å². The van der Waals surface area contributed by atoms with E-state index in [1.54, 1.807) is 6.92 Å². The fourth-order valence-corrected chi connectivity index (χ4v) is 1.14. The fourth-order valence-electron chi connectivity index (χ4n) is 1.14. The lowest BCUT2D eigenvalue weighted by molar-refractivity contribution is -0.147. The zero-order valence-corrected chi connectivity index (χ0v) is 7.91. The highest BCUT2D eigenvalue weighted by Gasteiger charge is 2.33. The lowest BCUT2D eigenvalue weighted by atomic mass is 10.2.